The number of hydrogen-bond acceptors (Lipinski definition) is 2. The second-order valence-corrected chi connectivity index (χ2v) is 2.21. The first kappa shape index (κ1) is 8.64. The SMILES string of the molecule is O/N=C/c1ccc(C(F)F)cc1. The third kappa shape index (κ3) is 2.02. The van der Waals surface area contributed by atoms with Crippen molar-refractivity contribution >= 4 is 6.21 Å². The van der Waals surface area contributed by atoms with E-state index in [1.54, 1.807) is 0 Å². The zero-order valence-electron chi connectivity index (χ0n) is 6.11. The summed E-state index contributed by atoms with van der Waals surface area (Å²) >= 11 is 0. The van der Waals surface area contributed by atoms with Crippen molar-refractivity contribution in [2.75, 3.05) is 0 Å². The number of nitrogens with zero attached hydrogens (tertiary/aromatic N) is 1. The van der Waals surface area contributed by atoms with Gasteiger partial charge < -0.3 is 5.21 Å². The van der Waals surface area contributed by atoms with Crippen molar-refractivity contribution in [2.24, 2.45) is 5.16 Å². The molecule has 12 heavy (non-hydrogen) atoms. The minimum Gasteiger partial charge on any atom is -0.411 e. The van der Waals surface area contributed by atoms with Gasteiger partial charge in [0.1, 0.15) is 0 Å². The van der Waals surface area contributed by atoms with Crippen LogP contribution in [0.25, 0.3) is 0 Å². The Hall–Kier alpha value is -1.45. The van der Waals surface area contributed by atoms with Gasteiger partial charge in [0.05, 0.1) is 6.21 Å². The maximum atomic E-state index is 12.0. The van der Waals surface area contributed by atoms with Crippen molar-refractivity contribution in [1.29, 1.82) is 0 Å². The standard InChI is InChI=1S/C8H7F2NO/c9-8(10)7-3-1-6(2-4-7)5-11-12/h1-5,8,12H/b11-5+. The van der Waals surface area contributed by atoms with Crippen molar-refractivity contribution in [3.8, 4) is 0 Å². The van der Waals surface area contributed by atoms with Crippen LogP contribution in [0.5, 0.6) is 0 Å². The molecule has 0 amide bonds. The van der Waals surface area contributed by atoms with E-state index in [1.807, 2.05) is 0 Å². The summed E-state index contributed by atoms with van der Waals surface area (Å²) in [5, 5.41) is 10.9. The molecule has 0 radical (unpaired) electrons. The highest BCUT2D eigenvalue weighted by molar-refractivity contribution is 5.78. The molecule has 0 unspecified atom stereocenters. The van der Waals surface area contributed by atoms with E-state index >= 15 is 0 Å². The lowest BCUT2D eigenvalue weighted by molar-refractivity contribution is 0.151. The van der Waals surface area contributed by atoms with Crippen LogP contribution in [0, 0.1) is 0 Å². The van der Waals surface area contributed by atoms with Crippen LogP contribution < -0.4 is 0 Å². The highest BCUT2D eigenvalue weighted by Gasteiger charge is 2.04. The maximum absolute atomic E-state index is 12.0. The van der Waals surface area contributed by atoms with E-state index in [-0.39, 0.29) is 5.56 Å². The molecule has 1 aromatic rings. The van der Waals surface area contributed by atoms with Gasteiger partial charge in [-0.3, -0.25) is 0 Å². The molecule has 0 fully saturated rings. The molecule has 1 N–H and O–H groups in total. The van der Waals surface area contributed by atoms with Gasteiger partial charge in [-0.25, -0.2) is 8.78 Å². The predicted octanol–water partition coefficient (Wildman–Crippen LogP) is 2.43. The van der Waals surface area contributed by atoms with Crippen molar-refractivity contribution in [3.05, 3.63) is 35.4 Å². The molecule has 0 saturated heterocycles. The minimum atomic E-state index is -2.45. The third-order valence-electron chi connectivity index (χ3n) is 1.40. The number of hydrogen-bond donors (Lipinski definition) is 1. The summed E-state index contributed by atoms with van der Waals surface area (Å²) in [6.07, 6.45) is -1.28. The quantitative estimate of drug-likeness (QED) is 0.413. The van der Waals surface area contributed by atoms with Crippen LogP contribution in [0.1, 0.15) is 17.6 Å². The second kappa shape index (κ2) is 3.80. The molecule has 0 spiro atoms. The van der Waals surface area contributed by atoms with Crippen LogP contribution in [0.15, 0.2) is 29.4 Å². The fraction of sp³-hybridized carbons (Fsp3) is 0.125. The number of alkyl halides is 2. The van der Waals surface area contributed by atoms with Crippen LogP contribution >= 0.6 is 0 Å². The Kier molecular flexibility index (Phi) is 2.74. The monoisotopic (exact) mass is 171 g/mol. The van der Waals surface area contributed by atoms with Crippen LogP contribution in [0.4, 0.5) is 8.78 Å². The number of oxime groups is 1. The molecule has 0 aliphatic carbocycles. The molecule has 0 aliphatic heterocycles. The Balaban J connectivity index is 2.85. The number of halogens is 2. The summed E-state index contributed by atoms with van der Waals surface area (Å²) in [5.41, 5.74) is 0.548. The van der Waals surface area contributed by atoms with E-state index in [1.165, 1.54) is 30.5 Å². The molecular weight excluding hydrogens is 164 g/mol. The van der Waals surface area contributed by atoms with Crippen molar-refractivity contribution in [2.45, 2.75) is 6.43 Å². The van der Waals surface area contributed by atoms with Crippen molar-refractivity contribution in [3.63, 3.8) is 0 Å². The maximum Gasteiger partial charge on any atom is 0.263 e. The molecule has 2 nitrogen and oxygen atoms in total. The summed E-state index contributed by atoms with van der Waals surface area (Å²) in [6, 6.07) is 5.51. The molecule has 0 atom stereocenters. The normalized spacial score (nSPS) is 11.2. The molecular formula is C8H7F2NO. The van der Waals surface area contributed by atoms with E-state index in [4.69, 9.17) is 5.21 Å². The molecule has 0 bridgehead atoms. The Morgan fingerprint density at radius 2 is 1.83 bits per heavy atom. The Labute approximate surface area is 68.1 Å². The molecule has 0 aliphatic rings. The first-order valence-corrected chi connectivity index (χ1v) is 3.29. The van der Waals surface area contributed by atoms with Crippen LogP contribution in [0.3, 0.4) is 0 Å². The topological polar surface area (TPSA) is 32.6 Å². The van der Waals surface area contributed by atoms with Crippen molar-refractivity contribution < 1.29 is 14.0 Å². The lowest BCUT2D eigenvalue weighted by Gasteiger charge is -1.97. The van der Waals surface area contributed by atoms with Gasteiger partial charge in [-0.15, -0.1) is 0 Å². The minimum absolute atomic E-state index is 0.0370. The summed E-state index contributed by atoms with van der Waals surface area (Å²) in [6.45, 7) is 0. The first-order valence-electron chi connectivity index (χ1n) is 3.29. The lowest BCUT2D eigenvalue weighted by atomic mass is 10.1. The second-order valence-electron chi connectivity index (χ2n) is 2.21. The fourth-order valence-corrected chi connectivity index (χ4v) is 0.794. The summed E-state index contributed by atoms with van der Waals surface area (Å²) in [4.78, 5) is 0. The van der Waals surface area contributed by atoms with Crippen molar-refractivity contribution in [1.82, 2.24) is 0 Å². The Bertz CT molecular complexity index is 269. The molecule has 0 heterocycles. The van der Waals surface area contributed by atoms with Crippen LogP contribution in [-0.4, -0.2) is 11.4 Å². The van der Waals surface area contributed by atoms with Gasteiger partial charge in [0.25, 0.3) is 6.43 Å². The molecule has 4 heteroatoms. The van der Waals surface area contributed by atoms with Gasteiger partial charge in [-0.05, 0) is 5.56 Å². The van der Waals surface area contributed by atoms with E-state index in [9.17, 15) is 8.78 Å². The van der Waals surface area contributed by atoms with Gasteiger partial charge in [-0.1, -0.05) is 29.4 Å². The average Bonchev–Trinajstić information content (AvgIpc) is 2.06. The van der Waals surface area contributed by atoms with E-state index in [0.717, 1.165) is 0 Å². The molecule has 64 valence electrons. The van der Waals surface area contributed by atoms with E-state index in [0.29, 0.717) is 5.56 Å². The van der Waals surface area contributed by atoms with Gasteiger partial charge in [-0.2, -0.15) is 0 Å². The van der Waals surface area contributed by atoms with Gasteiger partial charge in [0.2, 0.25) is 0 Å². The lowest BCUT2D eigenvalue weighted by Crippen LogP contribution is -1.85. The van der Waals surface area contributed by atoms with Gasteiger partial charge >= 0.3 is 0 Å². The van der Waals surface area contributed by atoms with Gasteiger partial charge in [0, 0.05) is 5.56 Å². The zero-order valence-corrected chi connectivity index (χ0v) is 6.11. The molecule has 0 saturated carbocycles. The summed E-state index contributed by atoms with van der Waals surface area (Å²) < 4.78 is 24.0. The predicted molar refractivity (Wildman–Crippen MR) is 40.8 cm³/mol. The highest BCUT2D eigenvalue weighted by atomic mass is 19.3. The average molecular weight is 171 g/mol. The van der Waals surface area contributed by atoms with E-state index < -0.39 is 6.43 Å². The number of benzene rings is 1. The summed E-state index contributed by atoms with van der Waals surface area (Å²) in [5.74, 6) is 0. The van der Waals surface area contributed by atoms with E-state index in [2.05, 4.69) is 5.16 Å². The zero-order chi connectivity index (χ0) is 8.97. The molecule has 1 rings (SSSR count). The van der Waals surface area contributed by atoms with Crippen LogP contribution in [-0.2, 0) is 0 Å². The largest absolute Gasteiger partial charge is 0.411 e. The Morgan fingerprint density at radius 1 is 1.25 bits per heavy atom. The fourth-order valence-electron chi connectivity index (χ4n) is 0.794. The van der Waals surface area contributed by atoms with Gasteiger partial charge in [0.15, 0.2) is 0 Å². The molecule has 0 aromatic heterocycles. The molecule has 1 aromatic carbocycles. The highest BCUT2D eigenvalue weighted by Crippen LogP contribution is 2.17. The third-order valence-corrected chi connectivity index (χ3v) is 1.40. The Morgan fingerprint density at radius 3 is 2.25 bits per heavy atom. The number of rotatable bonds is 2. The smallest absolute Gasteiger partial charge is 0.263 e. The summed E-state index contributed by atoms with van der Waals surface area (Å²) in [7, 11) is 0. The first-order chi connectivity index (χ1) is 5.74. The van der Waals surface area contributed by atoms with Crippen LogP contribution in [0.2, 0.25) is 0 Å².